The van der Waals surface area contributed by atoms with Gasteiger partial charge in [0, 0.05) is 18.0 Å². The lowest BCUT2D eigenvalue weighted by atomic mass is 9.96. The number of tetrazole rings is 1. The van der Waals surface area contributed by atoms with Crippen molar-refractivity contribution in [3.8, 4) is 22.9 Å². The Hall–Kier alpha value is -3.42. The molecule has 1 aliphatic rings. The van der Waals surface area contributed by atoms with Crippen molar-refractivity contribution in [1.82, 2.24) is 25.9 Å². The van der Waals surface area contributed by atoms with Crippen molar-refractivity contribution in [1.29, 1.82) is 0 Å². The van der Waals surface area contributed by atoms with Crippen molar-refractivity contribution in [3.63, 3.8) is 0 Å². The third-order valence-corrected chi connectivity index (χ3v) is 4.56. The number of aromatic nitrogens is 4. The maximum Gasteiger partial charge on any atom is 0.252 e. The second kappa shape index (κ2) is 7.45. The minimum atomic E-state index is -0.174. The Morgan fingerprint density at radius 3 is 3.00 bits per heavy atom. The molecule has 1 amide bonds. The predicted molar refractivity (Wildman–Crippen MR) is 97.6 cm³/mol. The largest absolute Gasteiger partial charge is 0.493 e. The van der Waals surface area contributed by atoms with Gasteiger partial charge in [0.25, 0.3) is 5.91 Å². The number of carbonyl (C=O) groups is 1. The number of nitrogens with zero attached hydrogens (tertiary/aromatic N) is 3. The van der Waals surface area contributed by atoms with Crippen LogP contribution in [0.25, 0.3) is 11.4 Å². The number of ether oxygens (including phenoxy) is 2. The van der Waals surface area contributed by atoms with Crippen LogP contribution in [0.3, 0.4) is 0 Å². The third-order valence-electron chi connectivity index (χ3n) is 4.56. The number of fused-ring (bicyclic) bond motifs is 1. The number of carbonyl (C=O) groups excluding carboxylic acids is 1. The topological polar surface area (TPSA) is 102 Å². The van der Waals surface area contributed by atoms with E-state index in [0.29, 0.717) is 30.1 Å². The summed E-state index contributed by atoms with van der Waals surface area (Å²) in [5.41, 5.74) is 2.24. The van der Waals surface area contributed by atoms with Gasteiger partial charge < -0.3 is 14.8 Å². The van der Waals surface area contributed by atoms with E-state index in [-0.39, 0.29) is 11.8 Å². The summed E-state index contributed by atoms with van der Waals surface area (Å²) in [6.07, 6.45) is 0.819. The molecule has 3 aromatic rings. The van der Waals surface area contributed by atoms with Crippen LogP contribution in [0.2, 0.25) is 0 Å². The van der Waals surface area contributed by atoms with E-state index in [4.69, 9.17) is 9.47 Å². The van der Waals surface area contributed by atoms with Crippen LogP contribution in [-0.2, 0) is 6.42 Å². The Kier molecular flexibility index (Phi) is 4.69. The standard InChI is InChI=1S/C19H19N5O3/c1-26-16-8-4-5-13-9-12(11-27-17(13)16)10-20-19(25)15-7-3-2-6-14(15)18-21-23-24-22-18/h2-8,12H,9-11H2,1H3,(H,20,25)(H,21,22,23,24)/t12-/m0/s1. The number of para-hydroxylation sites is 1. The fourth-order valence-electron chi connectivity index (χ4n) is 3.23. The second-order valence-corrected chi connectivity index (χ2v) is 6.32. The van der Waals surface area contributed by atoms with E-state index in [1.165, 1.54) is 0 Å². The second-order valence-electron chi connectivity index (χ2n) is 6.32. The van der Waals surface area contributed by atoms with Crippen LogP contribution in [0.5, 0.6) is 11.5 Å². The first-order valence-electron chi connectivity index (χ1n) is 8.66. The quantitative estimate of drug-likeness (QED) is 0.715. The van der Waals surface area contributed by atoms with Crippen molar-refractivity contribution in [2.24, 2.45) is 5.92 Å². The van der Waals surface area contributed by atoms with E-state index in [1.54, 1.807) is 19.2 Å². The van der Waals surface area contributed by atoms with Gasteiger partial charge in [-0.3, -0.25) is 4.79 Å². The zero-order valence-corrected chi connectivity index (χ0v) is 14.8. The van der Waals surface area contributed by atoms with Crippen LogP contribution in [0.4, 0.5) is 0 Å². The first-order valence-corrected chi connectivity index (χ1v) is 8.66. The molecule has 2 heterocycles. The molecule has 0 spiro atoms. The van der Waals surface area contributed by atoms with Crippen LogP contribution in [0.1, 0.15) is 15.9 Å². The molecule has 0 fully saturated rings. The number of nitrogens with one attached hydrogen (secondary N) is 2. The molecule has 1 aromatic heterocycles. The van der Waals surface area contributed by atoms with Gasteiger partial charge in [0.2, 0.25) is 5.82 Å². The average Bonchev–Trinajstić information content (AvgIpc) is 3.26. The number of aromatic amines is 1. The summed E-state index contributed by atoms with van der Waals surface area (Å²) >= 11 is 0. The molecule has 2 N–H and O–H groups in total. The number of hydrogen-bond donors (Lipinski definition) is 2. The molecule has 0 saturated carbocycles. The van der Waals surface area contributed by atoms with Crippen LogP contribution >= 0.6 is 0 Å². The number of hydrogen-bond acceptors (Lipinski definition) is 6. The Labute approximate surface area is 155 Å². The van der Waals surface area contributed by atoms with Crippen molar-refractivity contribution in [2.75, 3.05) is 20.3 Å². The van der Waals surface area contributed by atoms with E-state index < -0.39 is 0 Å². The number of methoxy groups -OCH3 is 1. The highest BCUT2D eigenvalue weighted by atomic mass is 16.5. The predicted octanol–water partition coefficient (Wildman–Crippen LogP) is 1.86. The molecule has 0 radical (unpaired) electrons. The van der Waals surface area contributed by atoms with Gasteiger partial charge in [0.15, 0.2) is 11.5 Å². The molecule has 8 nitrogen and oxygen atoms in total. The molecule has 27 heavy (non-hydrogen) atoms. The molecule has 0 saturated heterocycles. The monoisotopic (exact) mass is 365 g/mol. The van der Waals surface area contributed by atoms with Gasteiger partial charge in [-0.2, -0.15) is 5.21 Å². The first-order chi connectivity index (χ1) is 13.3. The van der Waals surface area contributed by atoms with Crippen molar-refractivity contribution in [3.05, 3.63) is 53.6 Å². The zero-order chi connectivity index (χ0) is 18.6. The summed E-state index contributed by atoms with van der Waals surface area (Å²) < 4.78 is 11.2. The van der Waals surface area contributed by atoms with Gasteiger partial charge >= 0.3 is 0 Å². The average molecular weight is 365 g/mol. The zero-order valence-electron chi connectivity index (χ0n) is 14.8. The highest BCUT2D eigenvalue weighted by Crippen LogP contribution is 2.35. The van der Waals surface area contributed by atoms with Crippen LogP contribution in [0.15, 0.2) is 42.5 Å². The number of benzene rings is 2. The molecule has 4 rings (SSSR count). The lowest BCUT2D eigenvalue weighted by Gasteiger charge is -2.26. The van der Waals surface area contributed by atoms with Gasteiger partial charge in [-0.1, -0.05) is 30.3 Å². The Morgan fingerprint density at radius 1 is 1.30 bits per heavy atom. The molecular formula is C19H19N5O3. The summed E-state index contributed by atoms with van der Waals surface area (Å²) in [6.45, 7) is 1.04. The smallest absolute Gasteiger partial charge is 0.252 e. The van der Waals surface area contributed by atoms with E-state index >= 15 is 0 Å². The van der Waals surface area contributed by atoms with E-state index in [1.807, 2.05) is 30.3 Å². The number of amides is 1. The highest BCUT2D eigenvalue weighted by Gasteiger charge is 2.24. The van der Waals surface area contributed by atoms with Crippen LogP contribution < -0.4 is 14.8 Å². The number of rotatable bonds is 5. The third kappa shape index (κ3) is 3.46. The molecule has 8 heteroatoms. The van der Waals surface area contributed by atoms with Crippen LogP contribution in [-0.4, -0.2) is 46.8 Å². The summed E-state index contributed by atoms with van der Waals surface area (Å²) in [5, 5.41) is 16.9. The molecule has 0 unspecified atom stereocenters. The van der Waals surface area contributed by atoms with Crippen molar-refractivity contribution in [2.45, 2.75) is 6.42 Å². The summed E-state index contributed by atoms with van der Waals surface area (Å²) in [7, 11) is 1.63. The fraction of sp³-hybridized carbons (Fsp3) is 0.263. The molecule has 1 atom stereocenters. The summed E-state index contributed by atoms with van der Waals surface area (Å²) in [5.74, 6) is 1.94. The Morgan fingerprint density at radius 2 is 2.19 bits per heavy atom. The minimum Gasteiger partial charge on any atom is -0.493 e. The molecule has 0 bridgehead atoms. The molecule has 0 aliphatic carbocycles. The van der Waals surface area contributed by atoms with Gasteiger partial charge in [0.05, 0.1) is 19.3 Å². The lowest BCUT2D eigenvalue weighted by Crippen LogP contribution is -2.35. The van der Waals surface area contributed by atoms with E-state index in [2.05, 4.69) is 25.9 Å². The maximum atomic E-state index is 12.7. The van der Waals surface area contributed by atoms with Gasteiger partial charge in [0.1, 0.15) is 0 Å². The van der Waals surface area contributed by atoms with Crippen molar-refractivity contribution >= 4 is 5.91 Å². The van der Waals surface area contributed by atoms with E-state index in [0.717, 1.165) is 23.5 Å². The maximum absolute atomic E-state index is 12.7. The number of H-pyrrole nitrogens is 1. The molecule has 138 valence electrons. The Bertz CT molecular complexity index is 942. The van der Waals surface area contributed by atoms with Gasteiger partial charge in [-0.05, 0) is 29.3 Å². The Balaban J connectivity index is 1.44. The molecular weight excluding hydrogens is 346 g/mol. The highest BCUT2D eigenvalue weighted by molar-refractivity contribution is 6.00. The van der Waals surface area contributed by atoms with Gasteiger partial charge in [-0.25, -0.2) is 0 Å². The minimum absolute atomic E-state index is 0.174. The summed E-state index contributed by atoms with van der Waals surface area (Å²) in [6, 6.07) is 13.0. The SMILES string of the molecule is COc1cccc2c1OC[C@H](CNC(=O)c1ccccc1-c1nn[nH]n1)C2. The van der Waals surface area contributed by atoms with Gasteiger partial charge in [-0.15, -0.1) is 10.2 Å². The normalized spacial score (nSPS) is 15.5. The molecule has 2 aromatic carbocycles. The van der Waals surface area contributed by atoms with E-state index in [9.17, 15) is 4.79 Å². The first kappa shape index (κ1) is 17.0. The van der Waals surface area contributed by atoms with Crippen molar-refractivity contribution < 1.29 is 14.3 Å². The lowest BCUT2D eigenvalue weighted by molar-refractivity contribution is 0.0939. The summed E-state index contributed by atoms with van der Waals surface area (Å²) in [4.78, 5) is 12.7. The molecule has 1 aliphatic heterocycles. The van der Waals surface area contributed by atoms with Crippen LogP contribution in [0, 0.1) is 5.92 Å². The fourth-order valence-corrected chi connectivity index (χ4v) is 3.23.